The van der Waals surface area contributed by atoms with Gasteiger partial charge in [-0.15, -0.1) is 0 Å². The molecule has 1 aliphatic heterocycles. The molecule has 0 radical (unpaired) electrons. The van der Waals surface area contributed by atoms with Crippen LogP contribution in [0.2, 0.25) is 0 Å². The molecule has 9 heavy (non-hydrogen) atoms. The number of carbonyl (C=O) groups excluding carboxylic acids is 1. The van der Waals surface area contributed by atoms with E-state index in [0.29, 0.717) is 12.4 Å². The number of hydrogen-bond donors (Lipinski definition) is 0. The molecule has 0 N–H and O–H groups in total. The van der Waals surface area contributed by atoms with Gasteiger partial charge in [0.05, 0.1) is 5.70 Å². The summed E-state index contributed by atoms with van der Waals surface area (Å²) >= 11 is 0. The molecule has 1 heterocycles. The normalized spacial score (nSPS) is 17.4. The van der Waals surface area contributed by atoms with Crippen molar-refractivity contribution >= 4 is 12.5 Å². The van der Waals surface area contributed by atoms with Gasteiger partial charge in [0.15, 0.2) is 6.29 Å². The molecule has 1 aliphatic rings. The van der Waals surface area contributed by atoms with Gasteiger partial charge in [-0.2, -0.15) is 0 Å². The lowest BCUT2D eigenvalue weighted by Crippen LogP contribution is -2.21. The first kappa shape index (κ1) is 6.01. The second-order valence-electron chi connectivity index (χ2n) is 1.88. The SMILES string of the molecule is CN1CN=CC=C1C=O. The van der Waals surface area contributed by atoms with E-state index in [2.05, 4.69) is 4.99 Å². The number of aliphatic imine (C=N–C) groups is 1. The molecule has 0 fully saturated rings. The summed E-state index contributed by atoms with van der Waals surface area (Å²) < 4.78 is 0. The molecular weight excluding hydrogens is 116 g/mol. The first-order valence-electron chi connectivity index (χ1n) is 2.71. The predicted molar refractivity (Wildman–Crippen MR) is 35.3 cm³/mol. The number of aldehydes is 1. The molecule has 0 aromatic carbocycles. The Morgan fingerprint density at radius 1 is 1.89 bits per heavy atom. The van der Waals surface area contributed by atoms with E-state index in [9.17, 15) is 4.79 Å². The minimum atomic E-state index is 0.588. The molecule has 3 heteroatoms. The molecule has 0 spiro atoms. The quantitative estimate of drug-likeness (QED) is 0.462. The minimum Gasteiger partial charge on any atom is -0.353 e. The fourth-order valence-corrected chi connectivity index (χ4v) is 0.637. The minimum absolute atomic E-state index is 0.588. The number of hydrogen-bond acceptors (Lipinski definition) is 3. The molecule has 0 aromatic heterocycles. The number of carbonyl (C=O) groups is 1. The van der Waals surface area contributed by atoms with E-state index in [0.717, 1.165) is 6.29 Å². The fraction of sp³-hybridized carbons (Fsp3) is 0.333. The molecule has 0 bridgehead atoms. The van der Waals surface area contributed by atoms with Crippen molar-refractivity contribution in [1.82, 2.24) is 4.90 Å². The van der Waals surface area contributed by atoms with Gasteiger partial charge in [0.1, 0.15) is 6.67 Å². The van der Waals surface area contributed by atoms with Gasteiger partial charge in [-0.3, -0.25) is 9.79 Å². The van der Waals surface area contributed by atoms with Gasteiger partial charge >= 0.3 is 0 Å². The van der Waals surface area contributed by atoms with Crippen molar-refractivity contribution in [2.75, 3.05) is 13.7 Å². The lowest BCUT2D eigenvalue weighted by Gasteiger charge is -2.17. The predicted octanol–water partition coefficient (Wildman–Crippen LogP) is 0.0429. The van der Waals surface area contributed by atoms with Crippen molar-refractivity contribution in [3.63, 3.8) is 0 Å². The Labute approximate surface area is 53.7 Å². The fourth-order valence-electron chi connectivity index (χ4n) is 0.637. The highest BCUT2D eigenvalue weighted by molar-refractivity contribution is 5.84. The third-order valence-electron chi connectivity index (χ3n) is 1.21. The maximum absolute atomic E-state index is 10.2. The Bertz CT molecular complexity index is 172. The van der Waals surface area contributed by atoms with Crippen LogP contribution >= 0.6 is 0 Å². The molecule has 0 unspecified atom stereocenters. The summed E-state index contributed by atoms with van der Waals surface area (Å²) in [5, 5.41) is 0. The molecule has 0 saturated heterocycles. The lowest BCUT2D eigenvalue weighted by atomic mass is 10.4. The molecule has 0 atom stereocenters. The standard InChI is InChI=1S/C6H8N2O/c1-8-5-7-3-2-6(8)4-9/h2-4H,5H2,1H3. The molecule has 3 nitrogen and oxygen atoms in total. The van der Waals surface area contributed by atoms with Gasteiger partial charge < -0.3 is 4.90 Å². The first-order valence-corrected chi connectivity index (χ1v) is 2.71. The lowest BCUT2D eigenvalue weighted by molar-refractivity contribution is -0.106. The van der Waals surface area contributed by atoms with Crippen molar-refractivity contribution in [1.29, 1.82) is 0 Å². The van der Waals surface area contributed by atoms with E-state index >= 15 is 0 Å². The van der Waals surface area contributed by atoms with Crippen LogP contribution in [0.15, 0.2) is 16.8 Å². The second-order valence-corrected chi connectivity index (χ2v) is 1.88. The Balaban J connectivity index is 2.74. The van der Waals surface area contributed by atoms with Gasteiger partial charge in [-0.25, -0.2) is 0 Å². The van der Waals surface area contributed by atoms with E-state index in [-0.39, 0.29) is 0 Å². The van der Waals surface area contributed by atoms with E-state index in [1.165, 1.54) is 0 Å². The van der Waals surface area contributed by atoms with Crippen LogP contribution in [0.25, 0.3) is 0 Å². The van der Waals surface area contributed by atoms with Crippen molar-refractivity contribution in [3.05, 3.63) is 11.8 Å². The van der Waals surface area contributed by atoms with Crippen LogP contribution in [-0.2, 0) is 4.79 Å². The highest BCUT2D eigenvalue weighted by Crippen LogP contribution is 1.99. The van der Waals surface area contributed by atoms with Gasteiger partial charge in [0.2, 0.25) is 0 Å². The zero-order valence-corrected chi connectivity index (χ0v) is 5.24. The number of nitrogens with zero attached hydrogens (tertiary/aromatic N) is 2. The number of likely N-dealkylation sites (N-methyl/N-ethyl adjacent to an activating group) is 1. The third-order valence-corrected chi connectivity index (χ3v) is 1.21. The summed E-state index contributed by atoms with van der Waals surface area (Å²) in [5.74, 6) is 0. The number of allylic oxidation sites excluding steroid dienone is 2. The van der Waals surface area contributed by atoms with Crippen molar-refractivity contribution in [2.24, 2.45) is 4.99 Å². The summed E-state index contributed by atoms with van der Waals surface area (Å²) in [7, 11) is 1.83. The Kier molecular flexibility index (Phi) is 1.63. The smallest absolute Gasteiger partial charge is 0.166 e. The average molecular weight is 124 g/mol. The first-order chi connectivity index (χ1) is 4.34. The molecule has 0 saturated carbocycles. The Morgan fingerprint density at radius 3 is 3.11 bits per heavy atom. The van der Waals surface area contributed by atoms with Gasteiger partial charge in [-0.05, 0) is 6.08 Å². The molecular formula is C6H8N2O. The van der Waals surface area contributed by atoms with Crippen LogP contribution in [0.5, 0.6) is 0 Å². The monoisotopic (exact) mass is 124 g/mol. The summed E-state index contributed by atoms with van der Waals surface area (Å²) in [6.45, 7) is 0.588. The number of rotatable bonds is 1. The van der Waals surface area contributed by atoms with Crippen LogP contribution < -0.4 is 0 Å². The van der Waals surface area contributed by atoms with Gasteiger partial charge in [0.25, 0.3) is 0 Å². The largest absolute Gasteiger partial charge is 0.353 e. The van der Waals surface area contributed by atoms with E-state index in [1.54, 1.807) is 17.2 Å². The van der Waals surface area contributed by atoms with E-state index in [1.807, 2.05) is 7.05 Å². The zero-order valence-electron chi connectivity index (χ0n) is 5.24. The third kappa shape index (κ3) is 1.16. The van der Waals surface area contributed by atoms with Crippen molar-refractivity contribution in [2.45, 2.75) is 0 Å². The second kappa shape index (κ2) is 2.44. The Hall–Kier alpha value is -1.12. The van der Waals surface area contributed by atoms with Crippen LogP contribution in [-0.4, -0.2) is 31.1 Å². The van der Waals surface area contributed by atoms with Crippen LogP contribution in [0.1, 0.15) is 0 Å². The van der Waals surface area contributed by atoms with Crippen LogP contribution in [0.4, 0.5) is 0 Å². The molecule has 0 aromatic rings. The van der Waals surface area contributed by atoms with E-state index < -0.39 is 0 Å². The molecule has 0 amide bonds. The summed E-state index contributed by atoms with van der Waals surface area (Å²) in [6.07, 6.45) is 4.16. The Morgan fingerprint density at radius 2 is 2.67 bits per heavy atom. The van der Waals surface area contributed by atoms with Gasteiger partial charge in [0, 0.05) is 13.3 Å². The molecule has 48 valence electrons. The molecule has 1 rings (SSSR count). The average Bonchev–Trinajstić information content (AvgIpc) is 1.89. The zero-order chi connectivity index (χ0) is 6.69. The van der Waals surface area contributed by atoms with E-state index in [4.69, 9.17) is 0 Å². The maximum Gasteiger partial charge on any atom is 0.166 e. The molecule has 0 aliphatic carbocycles. The van der Waals surface area contributed by atoms with Gasteiger partial charge in [-0.1, -0.05) is 0 Å². The van der Waals surface area contributed by atoms with Crippen LogP contribution in [0, 0.1) is 0 Å². The topological polar surface area (TPSA) is 32.7 Å². The highest BCUT2D eigenvalue weighted by Gasteiger charge is 2.02. The summed E-state index contributed by atoms with van der Waals surface area (Å²) in [6, 6.07) is 0. The summed E-state index contributed by atoms with van der Waals surface area (Å²) in [5.41, 5.74) is 0.685. The van der Waals surface area contributed by atoms with Crippen molar-refractivity contribution in [3.8, 4) is 0 Å². The highest BCUT2D eigenvalue weighted by atomic mass is 16.1. The van der Waals surface area contributed by atoms with Crippen molar-refractivity contribution < 1.29 is 4.79 Å². The van der Waals surface area contributed by atoms with Crippen LogP contribution in [0.3, 0.4) is 0 Å². The maximum atomic E-state index is 10.2. The summed E-state index contributed by atoms with van der Waals surface area (Å²) in [4.78, 5) is 15.9.